The number of amides is 1. The van der Waals surface area contributed by atoms with Crippen molar-refractivity contribution < 1.29 is 29.2 Å². The summed E-state index contributed by atoms with van der Waals surface area (Å²) in [6.45, 7) is 4.78. The van der Waals surface area contributed by atoms with Crippen LogP contribution in [0.5, 0.6) is 0 Å². The van der Waals surface area contributed by atoms with Gasteiger partial charge in [0.1, 0.15) is 18.3 Å². The first-order valence-electron chi connectivity index (χ1n) is 17.5. The first-order valence-corrected chi connectivity index (χ1v) is 17.5. The highest BCUT2D eigenvalue weighted by molar-refractivity contribution is 5.73. The van der Waals surface area contributed by atoms with Gasteiger partial charge in [-0.1, -0.05) is 151 Å². The van der Waals surface area contributed by atoms with Crippen LogP contribution in [0.3, 0.4) is 0 Å². The maximum absolute atomic E-state index is 13.5. The molecule has 45 heavy (non-hydrogen) atoms. The second kappa shape index (κ2) is 22.3. The molecule has 2 aromatic carbocycles. The van der Waals surface area contributed by atoms with Crippen LogP contribution in [-0.4, -0.2) is 59.7 Å². The molecule has 1 aliphatic heterocycles. The summed E-state index contributed by atoms with van der Waals surface area (Å²) in [4.78, 5) is 14.4. The van der Waals surface area contributed by atoms with Crippen LogP contribution in [0.1, 0.15) is 115 Å². The van der Waals surface area contributed by atoms with Gasteiger partial charge in [-0.05, 0) is 17.5 Å². The summed E-state index contributed by atoms with van der Waals surface area (Å²) in [5.74, 6) is -0.210. The number of hydrogen-bond donors (Lipinski definition) is 1. The fourth-order valence-electron chi connectivity index (χ4n) is 6.19. The van der Waals surface area contributed by atoms with E-state index < -0.39 is 30.6 Å². The molecule has 0 saturated carbocycles. The lowest BCUT2D eigenvalue weighted by atomic mass is 9.94. The summed E-state index contributed by atoms with van der Waals surface area (Å²) in [5, 5.41) is 24.9. The second-order valence-corrected chi connectivity index (χ2v) is 12.6. The largest absolute Gasteiger partial charge is 0.829 e. The Morgan fingerprint density at radius 3 is 1.78 bits per heavy atom. The fourth-order valence-corrected chi connectivity index (χ4v) is 6.19. The Hall–Kier alpha value is -2.29. The molecule has 1 heterocycles. The lowest BCUT2D eigenvalue weighted by Crippen LogP contribution is -2.69. The lowest BCUT2D eigenvalue weighted by Gasteiger charge is -2.51. The average molecular weight is 625 g/mol. The van der Waals surface area contributed by atoms with Crippen molar-refractivity contribution in [3.05, 3.63) is 71.8 Å². The van der Waals surface area contributed by atoms with E-state index >= 15 is 0 Å². The predicted octanol–water partition coefficient (Wildman–Crippen LogP) is 6.93. The number of aliphatic hydroxyl groups excluding tert-OH is 1. The molecule has 2 aromatic rings. The minimum Gasteiger partial charge on any atom is -0.829 e. The first kappa shape index (κ1) is 37.2. The van der Waals surface area contributed by atoms with E-state index in [0.717, 1.165) is 30.4 Å². The molecule has 1 amide bonds. The SMILES string of the molecule is CCCCCCCCCCCCCCCCN(C(C)=O)[C@@H]1[C@@H](OCc2ccccc2)[C@H](O)[C@@H](COCc2ccccc2)O[C@H]1[O-]. The Kier molecular flexibility index (Phi) is 18.4. The number of benzene rings is 2. The molecule has 0 unspecified atom stereocenters. The van der Waals surface area contributed by atoms with Crippen molar-refractivity contribution in [2.24, 2.45) is 0 Å². The third kappa shape index (κ3) is 13.9. The van der Waals surface area contributed by atoms with Crippen LogP contribution in [-0.2, 0) is 32.2 Å². The summed E-state index contributed by atoms with van der Waals surface area (Å²) >= 11 is 0. The van der Waals surface area contributed by atoms with Gasteiger partial charge in [-0.25, -0.2) is 0 Å². The van der Waals surface area contributed by atoms with Crippen molar-refractivity contribution in [3.63, 3.8) is 0 Å². The van der Waals surface area contributed by atoms with Gasteiger partial charge in [-0.3, -0.25) is 4.79 Å². The molecule has 3 rings (SSSR count). The van der Waals surface area contributed by atoms with Crippen molar-refractivity contribution in [2.75, 3.05) is 13.2 Å². The van der Waals surface area contributed by atoms with Crippen molar-refractivity contribution >= 4 is 5.91 Å². The van der Waals surface area contributed by atoms with Crippen molar-refractivity contribution in [1.29, 1.82) is 0 Å². The van der Waals surface area contributed by atoms with E-state index in [0.29, 0.717) is 13.2 Å². The standard InChI is InChI=1S/C38H58NO6/c1-3-4-5-6-7-8-9-10-11-12-13-14-15-22-27-39(31(2)40)35-37(44-29-33-25-20-17-21-26-33)36(41)34(45-38(35)42)30-43-28-32-23-18-16-19-24-32/h16-21,23-26,34-38,41H,3-15,22,27-30H2,1-2H3/q-1/t34-,35-,36-,37-,38-/m1/s1. The molecule has 252 valence electrons. The van der Waals surface area contributed by atoms with Crippen LogP contribution in [0.4, 0.5) is 0 Å². The summed E-state index contributed by atoms with van der Waals surface area (Å²) in [6, 6.07) is 18.4. The highest BCUT2D eigenvalue weighted by atomic mass is 16.6. The van der Waals surface area contributed by atoms with E-state index in [4.69, 9.17) is 14.2 Å². The molecule has 1 fully saturated rings. The predicted molar refractivity (Wildman–Crippen MR) is 177 cm³/mol. The summed E-state index contributed by atoms with van der Waals surface area (Å²) in [5.41, 5.74) is 1.92. The highest BCUT2D eigenvalue weighted by Crippen LogP contribution is 2.28. The smallest absolute Gasteiger partial charge is 0.219 e. The number of hydrogen-bond acceptors (Lipinski definition) is 6. The van der Waals surface area contributed by atoms with Crippen LogP contribution < -0.4 is 5.11 Å². The van der Waals surface area contributed by atoms with Gasteiger partial charge in [0.05, 0.1) is 25.9 Å². The van der Waals surface area contributed by atoms with Gasteiger partial charge < -0.3 is 29.3 Å². The van der Waals surface area contributed by atoms with Crippen molar-refractivity contribution in [3.8, 4) is 0 Å². The molecule has 0 spiro atoms. The van der Waals surface area contributed by atoms with Gasteiger partial charge in [-0.15, -0.1) is 0 Å². The van der Waals surface area contributed by atoms with Crippen LogP contribution in [0.25, 0.3) is 0 Å². The average Bonchev–Trinajstić information content (AvgIpc) is 3.05. The molecule has 1 saturated heterocycles. The highest BCUT2D eigenvalue weighted by Gasteiger charge is 2.45. The Bertz CT molecular complexity index is 1020. The van der Waals surface area contributed by atoms with Gasteiger partial charge in [0, 0.05) is 19.8 Å². The fraction of sp³-hybridized carbons (Fsp3) is 0.658. The monoisotopic (exact) mass is 624 g/mol. The number of unbranched alkanes of at least 4 members (excludes halogenated alkanes) is 13. The number of nitrogens with zero attached hydrogens (tertiary/aromatic N) is 1. The number of rotatable bonds is 23. The number of carbonyl (C=O) groups excluding carboxylic acids is 1. The van der Waals surface area contributed by atoms with Gasteiger partial charge in [0.15, 0.2) is 0 Å². The van der Waals surface area contributed by atoms with Crippen LogP contribution in [0.2, 0.25) is 0 Å². The number of aliphatic hydroxyl groups is 1. The molecular weight excluding hydrogens is 566 g/mol. The zero-order valence-corrected chi connectivity index (χ0v) is 27.8. The Labute approximate surface area is 272 Å². The Balaban J connectivity index is 1.47. The zero-order valence-electron chi connectivity index (χ0n) is 27.8. The third-order valence-electron chi connectivity index (χ3n) is 8.84. The Morgan fingerprint density at radius 2 is 1.27 bits per heavy atom. The van der Waals surface area contributed by atoms with E-state index in [1.165, 1.54) is 77.6 Å². The van der Waals surface area contributed by atoms with Gasteiger partial charge >= 0.3 is 0 Å². The number of carbonyl (C=O) groups is 1. The molecule has 0 aliphatic carbocycles. The van der Waals surface area contributed by atoms with Crippen LogP contribution in [0.15, 0.2) is 60.7 Å². The third-order valence-corrected chi connectivity index (χ3v) is 8.84. The zero-order chi connectivity index (χ0) is 32.1. The van der Waals surface area contributed by atoms with Gasteiger partial charge in [0.25, 0.3) is 0 Å². The molecular formula is C38H58NO6-. The lowest BCUT2D eigenvalue weighted by molar-refractivity contribution is -0.526. The normalized spacial score (nSPS) is 21.6. The second-order valence-electron chi connectivity index (χ2n) is 12.6. The minimum absolute atomic E-state index is 0.0474. The molecule has 5 atom stereocenters. The Morgan fingerprint density at radius 1 is 0.778 bits per heavy atom. The van der Waals surface area contributed by atoms with E-state index in [1.54, 1.807) is 4.90 Å². The van der Waals surface area contributed by atoms with Gasteiger partial charge in [-0.2, -0.15) is 0 Å². The minimum atomic E-state index is -1.56. The van der Waals surface area contributed by atoms with Crippen LogP contribution >= 0.6 is 0 Å². The van der Waals surface area contributed by atoms with Crippen LogP contribution in [0, 0.1) is 0 Å². The van der Waals surface area contributed by atoms with Crippen molar-refractivity contribution in [1.82, 2.24) is 4.90 Å². The van der Waals surface area contributed by atoms with E-state index in [1.807, 2.05) is 60.7 Å². The molecule has 0 bridgehead atoms. The molecule has 0 aromatic heterocycles. The summed E-state index contributed by atoms with van der Waals surface area (Å²) in [6.07, 6.45) is 13.0. The molecule has 0 radical (unpaired) electrons. The molecule has 7 nitrogen and oxygen atoms in total. The van der Waals surface area contributed by atoms with Gasteiger partial charge in [0.2, 0.25) is 5.91 Å². The van der Waals surface area contributed by atoms with Crippen molar-refractivity contribution in [2.45, 2.75) is 148 Å². The summed E-state index contributed by atoms with van der Waals surface area (Å²) < 4.78 is 17.8. The summed E-state index contributed by atoms with van der Waals surface area (Å²) in [7, 11) is 0. The quantitative estimate of drug-likeness (QED) is 0.135. The molecule has 1 N–H and O–H groups in total. The maximum atomic E-state index is 13.5. The topological polar surface area (TPSA) is 91.3 Å². The molecule has 7 heteroatoms. The van der Waals surface area contributed by atoms with E-state index in [2.05, 4.69) is 6.92 Å². The van der Waals surface area contributed by atoms with E-state index in [9.17, 15) is 15.0 Å². The van der Waals surface area contributed by atoms with E-state index in [-0.39, 0.29) is 19.1 Å². The maximum Gasteiger partial charge on any atom is 0.219 e. The first-order chi connectivity index (χ1) is 22.0. The molecule has 1 aliphatic rings. The number of ether oxygens (including phenoxy) is 3.